The molecule has 106 valence electrons. The molecular formula is C12H22O6. The first-order chi connectivity index (χ1) is 8.61. The SMILES string of the molecule is CCC=CCCOC1O[C@H](CO)[C@@H](O)[C@H](O)[C@H]1O. The van der Waals surface area contributed by atoms with Gasteiger partial charge in [-0.1, -0.05) is 19.1 Å². The minimum Gasteiger partial charge on any atom is -0.394 e. The standard InChI is InChI=1S/C12H22O6/c1-2-3-4-5-6-17-12-11(16)10(15)9(14)8(7-13)18-12/h3-4,8-16H,2,5-7H2,1H3/t8-,9-,10+,11-,12?/m1/s1. The summed E-state index contributed by atoms with van der Waals surface area (Å²) in [5.41, 5.74) is 0. The van der Waals surface area contributed by atoms with E-state index in [4.69, 9.17) is 14.6 Å². The zero-order valence-corrected chi connectivity index (χ0v) is 10.5. The van der Waals surface area contributed by atoms with Crippen LogP contribution in [0, 0.1) is 0 Å². The van der Waals surface area contributed by atoms with Crippen molar-refractivity contribution in [2.75, 3.05) is 13.2 Å². The van der Waals surface area contributed by atoms with Gasteiger partial charge in [0, 0.05) is 0 Å². The van der Waals surface area contributed by atoms with Crippen molar-refractivity contribution >= 4 is 0 Å². The summed E-state index contributed by atoms with van der Waals surface area (Å²) in [4.78, 5) is 0. The van der Waals surface area contributed by atoms with Crippen molar-refractivity contribution in [2.24, 2.45) is 0 Å². The fourth-order valence-corrected chi connectivity index (χ4v) is 1.74. The lowest BCUT2D eigenvalue weighted by molar-refractivity contribution is -0.300. The Kier molecular flexibility index (Phi) is 6.77. The molecule has 5 atom stereocenters. The van der Waals surface area contributed by atoms with Crippen molar-refractivity contribution < 1.29 is 29.9 Å². The first kappa shape index (κ1) is 15.6. The summed E-state index contributed by atoms with van der Waals surface area (Å²) in [7, 11) is 0. The van der Waals surface area contributed by atoms with Crippen molar-refractivity contribution in [1.82, 2.24) is 0 Å². The van der Waals surface area contributed by atoms with Crippen LogP contribution in [0.1, 0.15) is 19.8 Å². The normalized spacial score (nSPS) is 37.3. The maximum Gasteiger partial charge on any atom is 0.186 e. The molecule has 1 heterocycles. The third-order valence-electron chi connectivity index (χ3n) is 2.82. The second kappa shape index (κ2) is 7.83. The molecule has 1 aliphatic heterocycles. The maximum absolute atomic E-state index is 9.66. The van der Waals surface area contributed by atoms with Gasteiger partial charge in [0.25, 0.3) is 0 Å². The summed E-state index contributed by atoms with van der Waals surface area (Å²) in [5.74, 6) is 0. The molecule has 0 saturated carbocycles. The highest BCUT2D eigenvalue weighted by molar-refractivity contribution is 4.89. The molecule has 0 bridgehead atoms. The van der Waals surface area contributed by atoms with E-state index in [9.17, 15) is 15.3 Å². The third kappa shape index (κ3) is 4.01. The Bertz CT molecular complexity index is 255. The van der Waals surface area contributed by atoms with Crippen molar-refractivity contribution in [3.05, 3.63) is 12.2 Å². The minimum atomic E-state index is -1.38. The van der Waals surface area contributed by atoms with Crippen LogP contribution in [0.4, 0.5) is 0 Å². The van der Waals surface area contributed by atoms with E-state index in [2.05, 4.69) is 0 Å². The van der Waals surface area contributed by atoms with Crippen molar-refractivity contribution in [1.29, 1.82) is 0 Å². The summed E-state index contributed by atoms with van der Waals surface area (Å²) >= 11 is 0. The number of hydrogen-bond acceptors (Lipinski definition) is 6. The van der Waals surface area contributed by atoms with Gasteiger partial charge in [0.05, 0.1) is 13.2 Å². The van der Waals surface area contributed by atoms with Crippen LogP contribution in [0.15, 0.2) is 12.2 Å². The quantitative estimate of drug-likeness (QED) is 0.368. The van der Waals surface area contributed by atoms with Crippen LogP contribution in [0.5, 0.6) is 0 Å². The highest BCUT2D eigenvalue weighted by atomic mass is 16.7. The fraction of sp³-hybridized carbons (Fsp3) is 0.833. The van der Waals surface area contributed by atoms with Crippen molar-refractivity contribution in [2.45, 2.75) is 50.5 Å². The molecule has 1 rings (SSSR count). The van der Waals surface area contributed by atoms with E-state index in [0.29, 0.717) is 13.0 Å². The molecule has 1 unspecified atom stereocenters. The number of aliphatic hydroxyl groups excluding tert-OH is 4. The summed E-state index contributed by atoms with van der Waals surface area (Å²) in [5, 5.41) is 37.7. The van der Waals surface area contributed by atoms with Crippen LogP contribution < -0.4 is 0 Å². The Morgan fingerprint density at radius 2 is 1.83 bits per heavy atom. The number of aliphatic hydroxyl groups is 4. The van der Waals surface area contributed by atoms with Crippen LogP contribution in [-0.4, -0.2) is 64.3 Å². The lowest BCUT2D eigenvalue weighted by Crippen LogP contribution is -2.59. The van der Waals surface area contributed by atoms with Gasteiger partial charge in [-0.2, -0.15) is 0 Å². The third-order valence-corrected chi connectivity index (χ3v) is 2.82. The number of allylic oxidation sites excluding steroid dienone is 1. The van der Waals surface area contributed by atoms with Gasteiger partial charge in [0.1, 0.15) is 24.4 Å². The van der Waals surface area contributed by atoms with Gasteiger partial charge < -0.3 is 29.9 Å². The van der Waals surface area contributed by atoms with E-state index in [1.165, 1.54) is 0 Å². The maximum atomic E-state index is 9.66. The summed E-state index contributed by atoms with van der Waals surface area (Å²) in [6, 6.07) is 0. The molecule has 1 saturated heterocycles. The van der Waals surface area contributed by atoms with Crippen LogP contribution in [-0.2, 0) is 9.47 Å². The lowest BCUT2D eigenvalue weighted by atomic mass is 9.99. The molecule has 6 heteroatoms. The Morgan fingerprint density at radius 3 is 2.44 bits per heavy atom. The average Bonchev–Trinajstić information content (AvgIpc) is 2.38. The van der Waals surface area contributed by atoms with Crippen molar-refractivity contribution in [3.8, 4) is 0 Å². The highest BCUT2D eigenvalue weighted by Crippen LogP contribution is 2.21. The predicted octanol–water partition coefficient (Wildman–Crippen LogP) is -0.841. The summed E-state index contributed by atoms with van der Waals surface area (Å²) < 4.78 is 10.5. The molecule has 0 radical (unpaired) electrons. The van der Waals surface area contributed by atoms with Crippen LogP contribution >= 0.6 is 0 Å². The number of ether oxygens (including phenoxy) is 2. The average molecular weight is 262 g/mol. The zero-order chi connectivity index (χ0) is 13.5. The molecule has 6 nitrogen and oxygen atoms in total. The van der Waals surface area contributed by atoms with Gasteiger partial charge in [-0.15, -0.1) is 0 Å². The number of rotatable bonds is 6. The predicted molar refractivity (Wildman–Crippen MR) is 63.8 cm³/mol. The minimum absolute atomic E-state index is 0.333. The first-order valence-corrected chi connectivity index (χ1v) is 6.19. The monoisotopic (exact) mass is 262 g/mol. The summed E-state index contributed by atoms with van der Waals surface area (Å²) in [6.07, 6.45) is -0.436. The van der Waals surface area contributed by atoms with Gasteiger partial charge in [0.15, 0.2) is 6.29 Å². The van der Waals surface area contributed by atoms with Crippen LogP contribution in [0.3, 0.4) is 0 Å². The Balaban J connectivity index is 2.41. The molecule has 1 aliphatic rings. The second-order valence-electron chi connectivity index (χ2n) is 4.24. The molecule has 4 N–H and O–H groups in total. The van der Waals surface area contributed by atoms with E-state index < -0.39 is 37.3 Å². The summed E-state index contributed by atoms with van der Waals surface area (Å²) in [6.45, 7) is 1.91. The molecular weight excluding hydrogens is 240 g/mol. The molecule has 18 heavy (non-hydrogen) atoms. The van der Waals surface area contributed by atoms with Crippen LogP contribution in [0.25, 0.3) is 0 Å². The fourth-order valence-electron chi connectivity index (χ4n) is 1.74. The Labute approximate surface area is 106 Å². The van der Waals surface area contributed by atoms with E-state index in [-0.39, 0.29) is 0 Å². The second-order valence-corrected chi connectivity index (χ2v) is 4.24. The topological polar surface area (TPSA) is 99.4 Å². The van der Waals surface area contributed by atoms with E-state index >= 15 is 0 Å². The van der Waals surface area contributed by atoms with Gasteiger partial charge in [-0.3, -0.25) is 0 Å². The molecule has 0 spiro atoms. The van der Waals surface area contributed by atoms with E-state index in [0.717, 1.165) is 6.42 Å². The highest BCUT2D eigenvalue weighted by Gasteiger charge is 2.43. The lowest BCUT2D eigenvalue weighted by Gasteiger charge is -2.39. The van der Waals surface area contributed by atoms with Gasteiger partial charge in [-0.05, 0) is 12.8 Å². The van der Waals surface area contributed by atoms with Crippen molar-refractivity contribution in [3.63, 3.8) is 0 Å². The van der Waals surface area contributed by atoms with Gasteiger partial charge in [0.2, 0.25) is 0 Å². The number of hydrogen-bond donors (Lipinski definition) is 4. The largest absolute Gasteiger partial charge is 0.394 e. The van der Waals surface area contributed by atoms with Crippen LogP contribution in [0.2, 0.25) is 0 Å². The van der Waals surface area contributed by atoms with E-state index in [1.807, 2.05) is 19.1 Å². The van der Waals surface area contributed by atoms with Gasteiger partial charge in [-0.25, -0.2) is 0 Å². The first-order valence-electron chi connectivity index (χ1n) is 6.19. The molecule has 1 fully saturated rings. The molecule has 0 aromatic rings. The van der Waals surface area contributed by atoms with Gasteiger partial charge >= 0.3 is 0 Å². The molecule has 0 aliphatic carbocycles. The molecule has 0 amide bonds. The smallest absolute Gasteiger partial charge is 0.186 e. The Morgan fingerprint density at radius 1 is 1.11 bits per heavy atom. The molecule has 0 aromatic carbocycles. The molecule has 0 aromatic heterocycles. The zero-order valence-electron chi connectivity index (χ0n) is 10.5. The van der Waals surface area contributed by atoms with E-state index in [1.54, 1.807) is 0 Å². The Hall–Kier alpha value is -0.500.